The highest BCUT2D eigenvalue weighted by atomic mass is 16.6. The first-order chi connectivity index (χ1) is 22.2. The van der Waals surface area contributed by atoms with Crippen LogP contribution in [-0.2, 0) is 19.1 Å². The van der Waals surface area contributed by atoms with Gasteiger partial charge in [-0.2, -0.15) is 0 Å². The lowest BCUT2D eigenvalue weighted by atomic mass is 10.0. The van der Waals surface area contributed by atoms with Crippen LogP contribution in [0.25, 0.3) is 0 Å². The molecule has 0 heterocycles. The largest absolute Gasteiger partial charge is 0.463 e. The third kappa shape index (κ3) is 33.2. The topological polar surface area (TPSA) is 113 Å². The molecule has 0 aromatic heterocycles. The molecule has 0 amide bonds. The van der Waals surface area contributed by atoms with E-state index in [-0.39, 0.29) is 31.7 Å². The van der Waals surface area contributed by atoms with Gasteiger partial charge >= 0.3 is 11.9 Å². The average molecular weight is 649 g/mol. The van der Waals surface area contributed by atoms with E-state index < -0.39 is 18.2 Å². The summed E-state index contributed by atoms with van der Waals surface area (Å²) in [6, 6.07) is 0. The molecule has 0 rings (SSSR count). The molecule has 0 bridgehead atoms. The van der Waals surface area contributed by atoms with Gasteiger partial charge < -0.3 is 24.8 Å². The summed E-state index contributed by atoms with van der Waals surface area (Å²) in [5.41, 5.74) is 0. The molecule has 0 aliphatic rings. The number of carbonyl (C=O) groups is 2. The van der Waals surface area contributed by atoms with Crippen LogP contribution in [0, 0.1) is 5.92 Å². The molecule has 3 atom stereocenters. The predicted octanol–water partition coefficient (Wildman–Crippen LogP) is 8.86. The van der Waals surface area contributed by atoms with Crippen molar-refractivity contribution in [3.8, 4) is 0 Å². The maximum atomic E-state index is 11.9. The van der Waals surface area contributed by atoms with E-state index in [0.29, 0.717) is 19.3 Å². The Morgan fingerprint density at radius 3 is 1.50 bits per heavy atom. The van der Waals surface area contributed by atoms with Gasteiger partial charge in [-0.3, -0.25) is 9.59 Å². The minimum absolute atomic E-state index is 0.136. The van der Waals surface area contributed by atoms with Crippen LogP contribution in [0.2, 0.25) is 0 Å². The summed E-state index contributed by atoms with van der Waals surface area (Å²) in [5, 5.41) is 29.9. The molecule has 0 aliphatic heterocycles. The van der Waals surface area contributed by atoms with Crippen LogP contribution in [0.4, 0.5) is 0 Å². The van der Waals surface area contributed by atoms with E-state index >= 15 is 0 Å². The molecule has 0 radical (unpaired) electrons. The number of ether oxygens (including phenoxy) is 2. The monoisotopic (exact) mass is 648 g/mol. The Bertz CT molecular complexity index is 830. The summed E-state index contributed by atoms with van der Waals surface area (Å²) in [7, 11) is 0. The van der Waals surface area contributed by atoms with E-state index in [1.165, 1.54) is 51.4 Å². The van der Waals surface area contributed by atoms with Gasteiger partial charge in [-0.05, 0) is 38.0 Å². The Labute approximate surface area is 281 Å². The Hall–Kier alpha value is -2.22. The number of esters is 2. The number of allylic oxidation sites excluding steroid dienone is 6. The number of rotatable bonds is 31. The summed E-state index contributed by atoms with van der Waals surface area (Å²) in [5.74, 6) is 0.0246. The van der Waals surface area contributed by atoms with Gasteiger partial charge in [0.1, 0.15) is 19.3 Å². The number of unbranched alkanes of at least 4 members (excludes halogenated alkanes) is 11. The van der Waals surface area contributed by atoms with E-state index in [0.717, 1.165) is 57.3 Å². The Kier molecular flexibility index (Phi) is 31.1. The first-order valence-electron chi connectivity index (χ1n) is 18.3. The van der Waals surface area contributed by atoms with E-state index in [1.807, 2.05) is 36.5 Å². The normalized spacial score (nSPS) is 14.2. The van der Waals surface area contributed by atoms with Crippen molar-refractivity contribution in [3.63, 3.8) is 0 Å². The molecule has 0 spiro atoms. The van der Waals surface area contributed by atoms with Gasteiger partial charge in [-0.25, -0.2) is 0 Å². The maximum absolute atomic E-state index is 11.9. The second-order valence-electron chi connectivity index (χ2n) is 12.9. The van der Waals surface area contributed by atoms with Gasteiger partial charge in [0.2, 0.25) is 0 Å². The zero-order valence-electron chi connectivity index (χ0n) is 29.5. The molecule has 0 aliphatic carbocycles. The standard InChI is InChI=1S/C39H68O7/c1-4-5-19-26-35(40)27-21-16-12-10-13-17-22-28-36(41)29-24-31-39(44)46-33-37(42)32-45-38(43)30-23-18-14-9-7-6-8-11-15-20-25-34(2)3/h12-13,16-17,21-22,27-28,34-37,40-42H,4-11,14-15,18-20,23-26,29-33H2,1-3H3/b16-12-,17-13-,27-21+,28-22+/t35-,36-,37+/m0/s1. The van der Waals surface area contributed by atoms with Crippen molar-refractivity contribution in [3.05, 3.63) is 48.6 Å². The number of hydrogen-bond acceptors (Lipinski definition) is 7. The SMILES string of the molecule is CCCCC[C@H](O)/C=C/C=C\C/C=C\C=C\[C@H](O)CCCC(=O)OC[C@H](O)COC(=O)CCCCCCCCCCCCC(C)C. The van der Waals surface area contributed by atoms with Crippen molar-refractivity contribution < 1.29 is 34.4 Å². The van der Waals surface area contributed by atoms with Crippen molar-refractivity contribution >= 4 is 11.9 Å². The van der Waals surface area contributed by atoms with E-state index in [2.05, 4.69) is 20.8 Å². The highest BCUT2D eigenvalue weighted by Crippen LogP contribution is 2.14. The minimum atomic E-state index is -1.05. The van der Waals surface area contributed by atoms with Gasteiger partial charge in [-0.1, -0.05) is 153 Å². The van der Waals surface area contributed by atoms with Gasteiger partial charge in [0.15, 0.2) is 0 Å². The zero-order chi connectivity index (χ0) is 34.1. The van der Waals surface area contributed by atoms with Crippen LogP contribution in [-0.4, -0.2) is 58.8 Å². The molecule has 266 valence electrons. The van der Waals surface area contributed by atoms with E-state index in [1.54, 1.807) is 12.2 Å². The third-order valence-electron chi connectivity index (χ3n) is 7.70. The summed E-state index contributed by atoms with van der Waals surface area (Å²) in [4.78, 5) is 23.9. The highest BCUT2D eigenvalue weighted by Gasteiger charge is 2.12. The first kappa shape index (κ1) is 43.8. The predicted molar refractivity (Wildman–Crippen MR) is 189 cm³/mol. The fourth-order valence-electron chi connectivity index (χ4n) is 4.84. The zero-order valence-corrected chi connectivity index (χ0v) is 29.5. The fraction of sp³-hybridized carbons (Fsp3) is 0.744. The van der Waals surface area contributed by atoms with Gasteiger partial charge in [0.05, 0.1) is 12.2 Å². The van der Waals surface area contributed by atoms with Gasteiger partial charge in [0, 0.05) is 12.8 Å². The summed E-state index contributed by atoms with van der Waals surface area (Å²) in [6.07, 6.45) is 32.4. The van der Waals surface area contributed by atoms with Crippen LogP contribution in [0.5, 0.6) is 0 Å². The molecule has 0 saturated heterocycles. The van der Waals surface area contributed by atoms with Crippen molar-refractivity contribution in [2.45, 2.75) is 167 Å². The molecular formula is C39H68O7. The quantitative estimate of drug-likeness (QED) is 0.0391. The van der Waals surface area contributed by atoms with Gasteiger partial charge in [0.25, 0.3) is 0 Å². The molecule has 0 unspecified atom stereocenters. The minimum Gasteiger partial charge on any atom is -0.463 e. The Morgan fingerprint density at radius 2 is 1.00 bits per heavy atom. The molecule has 7 heteroatoms. The third-order valence-corrected chi connectivity index (χ3v) is 7.70. The van der Waals surface area contributed by atoms with E-state index in [9.17, 15) is 24.9 Å². The highest BCUT2D eigenvalue weighted by molar-refractivity contribution is 5.69. The van der Waals surface area contributed by atoms with Crippen molar-refractivity contribution in [1.29, 1.82) is 0 Å². The molecule has 7 nitrogen and oxygen atoms in total. The number of carbonyl (C=O) groups excluding carboxylic acids is 2. The number of hydrogen-bond donors (Lipinski definition) is 3. The number of aliphatic hydroxyl groups excluding tert-OH is 3. The first-order valence-corrected chi connectivity index (χ1v) is 18.3. The van der Waals surface area contributed by atoms with Crippen molar-refractivity contribution in [2.75, 3.05) is 13.2 Å². The van der Waals surface area contributed by atoms with Crippen LogP contribution >= 0.6 is 0 Å². The molecule has 46 heavy (non-hydrogen) atoms. The molecule has 0 saturated carbocycles. The molecule has 3 N–H and O–H groups in total. The van der Waals surface area contributed by atoms with Gasteiger partial charge in [-0.15, -0.1) is 0 Å². The summed E-state index contributed by atoms with van der Waals surface area (Å²) in [6.45, 7) is 6.31. The van der Waals surface area contributed by atoms with Crippen LogP contribution in [0.15, 0.2) is 48.6 Å². The van der Waals surface area contributed by atoms with Crippen LogP contribution in [0.1, 0.15) is 149 Å². The van der Waals surface area contributed by atoms with Crippen molar-refractivity contribution in [2.24, 2.45) is 5.92 Å². The summed E-state index contributed by atoms with van der Waals surface area (Å²) >= 11 is 0. The molecule has 0 aromatic carbocycles. The fourth-order valence-corrected chi connectivity index (χ4v) is 4.84. The Balaban J connectivity index is 3.72. The summed E-state index contributed by atoms with van der Waals surface area (Å²) < 4.78 is 10.2. The maximum Gasteiger partial charge on any atom is 0.305 e. The Morgan fingerprint density at radius 1 is 0.565 bits per heavy atom. The average Bonchev–Trinajstić information content (AvgIpc) is 3.02. The molecule has 0 fully saturated rings. The lowest BCUT2D eigenvalue weighted by Crippen LogP contribution is -2.25. The smallest absolute Gasteiger partial charge is 0.305 e. The molecule has 0 aromatic rings. The van der Waals surface area contributed by atoms with E-state index in [4.69, 9.17) is 9.47 Å². The van der Waals surface area contributed by atoms with Crippen molar-refractivity contribution in [1.82, 2.24) is 0 Å². The molecular weight excluding hydrogens is 580 g/mol. The van der Waals surface area contributed by atoms with Crippen LogP contribution < -0.4 is 0 Å². The van der Waals surface area contributed by atoms with Crippen LogP contribution in [0.3, 0.4) is 0 Å². The number of aliphatic hydroxyl groups is 3. The second-order valence-corrected chi connectivity index (χ2v) is 12.9. The second kappa shape index (κ2) is 32.7. The lowest BCUT2D eigenvalue weighted by molar-refractivity contribution is -0.152. The lowest BCUT2D eigenvalue weighted by Gasteiger charge is -2.12.